The second-order valence-corrected chi connectivity index (χ2v) is 4.79. The van der Waals surface area contributed by atoms with Crippen molar-refractivity contribution in [2.24, 2.45) is 0 Å². The zero-order valence-corrected chi connectivity index (χ0v) is 11.7. The minimum absolute atomic E-state index is 0.513. The Hall–Kier alpha value is -0.920. The largest absolute Gasteiger partial charge is 0.383 e. The van der Waals surface area contributed by atoms with E-state index in [1.165, 1.54) is 12.8 Å². The number of H-pyrrole nitrogens is 1. The number of ether oxygens (including phenoxy) is 2. The van der Waals surface area contributed by atoms with Crippen LogP contribution in [0.15, 0.2) is 0 Å². The summed E-state index contributed by atoms with van der Waals surface area (Å²) in [5.74, 6) is 0.900. The van der Waals surface area contributed by atoms with Crippen molar-refractivity contribution in [3.8, 4) is 0 Å². The van der Waals surface area contributed by atoms with Crippen LogP contribution in [0, 0.1) is 4.77 Å². The molecule has 1 heterocycles. The summed E-state index contributed by atoms with van der Waals surface area (Å²) in [5.41, 5.74) is 0. The van der Waals surface area contributed by atoms with Gasteiger partial charge in [0.1, 0.15) is 0 Å². The van der Waals surface area contributed by atoms with Crippen LogP contribution in [0.25, 0.3) is 0 Å². The molecule has 0 radical (unpaired) electrons. The lowest BCUT2D eigenvalue weighted by atomic mass is 10.5. The number of methoxy groups -OCH3 is 2. The molecule has 0 saturated heterocycles. The van der Waals surface area contributed by atoms with E-state index in [9.17, 15) is 0 Å². The standard InChI is InChI=1S/C11H20N4O2S/c1-16-7-5-14(6-8-17-2)10-12-13-11(18)15(10)9-3-4-9/h9H,3-8H2,1-2H3,(H,13,18). The van der Waals surface area contributed by atoms with Gasteiger partial charge in [0.2, 0.25) is 5.95 Å². The molecule has 18 heavy (non-hydrogen) atoms. The van der Waals surface area contributed by atoms with Crippen molar-refractivity contribution in [2.75, 3.05) is 45.4 Å². The van der Waals surface area contributed by atoms with Crippen LogP contribution in [-0.2, 0) is 9.47 Å². The summed E-state index contributed by atoms with van der Waals surface area (Å²) in [6, 6.07) is 0.513. The van der Waals surface area contributed by atoms with Crippen LogP contribution in [0.1, 0.15) is 18.9 Å². The molecule has 0 bridgehead atoms. The van der Waals surface area contributed by atoms with E-state index < -0.39 is 0 Å². The fourth-order valence-electron chi connectivity index (χ4n) is 1.90. The van der Waals surface area contributed by atoms with Gasteiger partial charge in [0, 0.05) is 33.4 Å². The summed E-state index contributed by atoms with van der Waals surface area (Å²) in [5, 5.41) is 7.23. The smallest absolute Gasteiger partial charge is 0.226 e. The minimum atomic E-state index is 0.513. The summed E-state index contributed by atoms with van der Waals surface area (Å²) in [4.78, 5) is 2.15. The number of hydrogen-bond donors (Lipinski definition) is 1. The Bertz CT molecular complexity index is 419. The first kappa shape index (κ1) is 13.5. The Morgan fingerprint density at radius 1 is 1.33 bits per heavy atom. The van der Waals surface area contributed by atoms with Gasteiger partial charge >= 0.3 is 0 Å². The van der Waals surface area contributed by atoms with E-state index in [-0.39, 0.29) is 0 Å². The van der Waals surface area contributed by atoms with Crippen molar-refractivity contribution < 1.29 is 9.47 Å². The lowest BCUT2D eigenvalue weighted by molar-refractivity contribution is 0.189. The van der Waals surface area contributed by atoms with E-state index in [0.29, 0.717) is 24.0 Å². The number of rotatable bonds is 8. The Morgan fingerprint density at radius 3 is 2.44 bits per heavy atom. The fraction of sp³-hybridized carbons (Fsp3) is 0.818. The molecular weight excluding hydrogens is 252 g/mol. The second-order valence-electron chi connectivity index (χ2n) is 4.40. The highest BCUT2D eigenvalue weighted by molar-refractivity contribution is 7.71. The molecule has 1 saturated carbocycles. The highest BCUT2D eigenvalue weighted by Gasteiger charge is 2.29. The monoisotopic (exact) mass is 272 g/mol. The molecule has 1 aliphatic carbocycles. The van der Waals surface area contributed by atoms with Gasteiger partial charge in [0.25, 0.3) is 0 Å². The number of aromatic nitrogens is 3. The van der Waals surface area contributed by atoms with Crippen molar-refractivity contribution in [3.05, 3.63) is 4.77 Å². The fourth-order valence-corrected chi connectivity index (χ4v) is 2.17. The lowest BCUT2D eigenvalue weighted by Crippen LogP contribution is -2.33. The van der Waals surface area contributed by atoms with Crippen LogP contribution in [0.5, 0.6) is 0 Å². The first-order chi connectivity index (χ1) is 8.77. The van der Waals surface area contributed by atoms with Crippen LogP contribution in [0.2, 0.25) is 0 Å². The Morgan fingerprint density at radius 2 is 1.94 bits per heavy atom. The van der Waals surface area contributed by atoms with Crippen molar-refractivity contribution in [1.82, 2.24) is 14.8 Å². The summed E-state index contributed by atoms with van der Waals surface area (Å²) < 4.78 is 13.1. The molecule has 1 N–H and O–H groups in total. The molecule has 1 fully saturated rings. The topological polar surface area (TPSA) is 55.3 Å². The van der Waals surface area contributed by atoms with E-state index >= 15 is 0 Å². The van der Waals surface area contributed by atoms with Crippen LogP contribution in [0.4, 0.5) is 5.95 Å². The maximum Gasteiger partial charge on any atom is 0.226 e. The maximum atomic E-state index is 5.29. The highest BCUT2D eigenvalue weighted by Crippen LogP contribution is 2.37. The van der Waals surface area contributed by atoms with Crippen molar-refractivity contribution in [1.29, 1.82) is 0 Å². The third-order valence-electron chi connectivity index (χ3n) is 3.01. The number of nitrogens with one attached hydrogen (secondary N) is 1. The first-order valence-corrected chi connectivity index (χ1v) is 6.58. The molecule has 0 aromatic carbocycles. The Labute approximate surface area is 112 Å². The van der Waals surface area contributed by atoms with Crippen molar-refractivity contribution in [3.63, 3.8) is 0 Å². The zero-order valence-electron chi connectivity index (χ0n) is 10.9. The van der Waals surface area contributed by atoms with Crippen molar-refractivity contribution in [2.45, 2.75) is 18.9 Å². The van der Waals surface area contributed by atoms with E-state index in [4.69, 9.17) is 21.7 Å². The summed E-state index contributed by atoms with van der Waals surface area (Å²) in [6.45, 7) is 2.89. The average Bonchev–Trinajstić information content (AvgIpc) is 3.13. The van der Waals surface area contributed by atoms with Gasteiger partial charge in [-0.3, -0.25) is 4.57 Å². The van der Waals surface area contributed by atoms with Crippen LogP contribution in [0.3, 0.4) is 0 Å². The first-order valence-electron chi connectivity index (χ1n) is 6.17. The third kappa shape index (κ3) is 3.09. The van der Waals surface area contributed by atoms with Crippen LogP contribution >= 0.6 is 12.2 Å². The summed E-state index contributed by atoms with van der Waals surface area (Å²) in [6.07, 6.45) is 2.37. The van der Waals surface area contributed by atoms with Crippen LogP contribution in [-0.4, -0.2) is 55.3 Å². The molecule has 102 valence electrons. The number of nitrogens with zero attached hydrogens (tertiary/aromatic N) is 3. The van der Waals surface area contributed by atoms with E-state index in [2.05, 4.69) is 19.7 Å². The normalized spacial score (nSPS) is 15.0. The van der Waals surface area contributed by atoms with Gasteiger partial charge < -0.3 is 14.4 Å². The molecular formula is C11H20N4O2S. The second kappa shape index (κ2) is 6.31. The summed E-state index contributed by atoms with van der Waals surface area (Å²) >= 11 is 5.29. The quantitative estimate of drug-likeness (QED) is 0.724. The molecule has 7 heteroatoms. The molecule has 1 aliphatic rings. The average molecular weight is 272 g/mol. The van der Waals surface area contributed by atoms with Gasteiger partial charge in [-0.25, -0.2) is 5.10 Å². The summed E-state index contributed by atoms with van der Waals surface area (Å²) in [7, 11) is 3.40. The van der Waals surface area contributed by atoms with Gasteiger partial charge in [0.15, 0.2) is 4.77 Å². The number of anilines is 1. The van der Waals surface area contributed by atoms with E-state index in [1.807, 2.05) is 0 Å². The third-order valence-corrected chi connectivity index (χ3v) is 3.30. The predicted octanol–water partition coefficient (Wildman–Crippen LogP) is 1.37. The minimum Gasteiger partial charge on any atom is -0.383 e. The van der Waals surface area contributed by atoms with Gasteiger partial charge in [-0.05, 0) is 25.1 Å². The highest BCUT2D eigenvalue weighted by atomic mass is 32.1. The van der Waals surface area contributed by atoms with E-state index in [1.54, 1.807) is 14.2 Å². The van der Waals surface area contributed by atoms with Gasteiger partial charge in [-0.1, -0.05) is 0 Å². The van der Waals surface area contributed by atoms with Gasteiger partial charge in [0.05, 0.1) is 13.2 Å². The molecule has 0 amide bonds. The van der Waals surface area contributed by atoms with Crippen LogP contribution < -0.4 is 4.90 Å². The molecule has 0 unspecified atom stereocenters. The maximum absolute atomic E-state index is 5.29. The molecule has 0 aliphatic heterocycles. The zero-order chi connectivity index (χ0) is 13.0. The SMILES string of the molecule is COCCN(CCOC)c1n[nH]c(=S)n1C1CC1. The molecule has 0 spiro atoms. The molecule has 0 atom stereocenters. The molecule has 1 aromatic rings. The number of aromatic amines is 1. The Kier molecular flexibility index (Phi) is 4.73. The lowest BCUT2D eigenvalue weighted by Gasteiger charge is -2.23. The van der Waals surface area contributed by atoms with Crippen molar-refractivity contribution >= 4 is 18.2 Å². The molecule has 2 rings (SSSR count). The van der Waals surface area contributed by atoms with E-state index in [0.717, 1.165) is 19.0 Å². The number of hydrogen-bond acceptors (Lipinski definition) is 5. The molecule has 6 nitrogen and oxygen atoms in total. The molecule has 1 aromatic heterocycles. The van der Waals surface area contributed by atoms with Gasteiger partial charge in [-0.15, -0.1) is 5.10 Å². The Balaban J connectivity index is 2.15. The predicted molar refractivity (Wildman–Crippen MR) is 71.6 cm³/mol. The van der Waals surface area contributed by atoms with Gasteiger partial charge in [-0.2, -0.15) is 0 Å².